The topological polar surface area (TPSA) is 69.6 Å². The van der Waals surface area contributed by atoms with E-state index >= 15 is 0 Å². The second-order valence-electron chi connectivity index (χ2n) is 8.96. The van der Waals surface area contributed by atoms with Gasteiger partial charge >= 0.3 is 158 Å². The molecular formula is C20H27FN4O2Sn. The molecule has 2 aliphatic rings. The van der Waals surface area contributed by atoms with Gasteiger partial charge in [-0.3, -0.25) is 0 Å². The van der Waals surface area contributed by atoms with Crippen molar-refractivity contribution in [2.24, 2.45) is 0 Å². The summed E-state index contributed by atoms with van der Waals surface area (Å²) in [4.78, 5) is 31.9. The Morgan fingerprint density at radius 1 is 1.14 bits per heavy atom. The molecule has 150 valence electrons. The minimum absolute atomic E-state index is 0.108. The van der Waals surface area contributed by atoms with Gasteiger partial charge in [-0.25, -0.2) is 4.39 Å². The van der Waals surface area contributed by atoms with Crippen molar-refractivity contribution < 1.29 is 14.3 Å². The van der Waals surface area contributed by atoms with Crippen LogP contribution < -0.4 is 8.61 Å². The zero-order chi connectivity index (χ0) is 20.1. The first kappa shape index (κ1) is 19.7. The third-order valence-electron chi connectivity index (χ3n) is 5.85. The molecule has 1 saturated heterocycles. The molecule has 2 aromatic heterocycles. The van der Waals surface area contributed by atoms with Crippen molar-refractivity contribution in [3.8, 4) is 0 Å². The molecule has 1 aliphatic heterocycles. The maximum absolute atomic E-state index is 13.2. The van der Waals surface area contributed by atoms with Gasteiger partial charge in [0.05, 0.1) is 0 Å². The van der Waals surface area contributed by atoms with Gasteiger partial charge in [0.2, 0.25) is 0 Å². The number of anilines is 1. The summed E-state index contributed by atoms with van der Waals surface area (Å²) in [6.07, 6.45) is -0.412. The molecule has 0 radical (unpaired) electrons. The summed E-state index contributed by atoms with van der Waals surface area (Å²) >= 11 is -2.22. The Morgan fingerprint density at radius 2 is 1.82 bits per heavy atom. The molecule has 4 rings (SSSR count). The molecule has 8 heteroatoms. The molecule has 1 N–H and O–H groups in total. The second kappa shape index (κ2) is 7.31. The van der Waals surface area contributed by atoms with E-state index in [-0.39, 0.29) is 12.1 Å². The number of amides is 1. The van der Waals surface area contributed by atoms with Crippen molar-refractivity contribution in [3.63, 3.8) is 0 Å². The van der Waals surface area contributed by atoms with E-state index in [2.05, 4.69) is 31.9 Å². The fraction of sp³-hybridized carbons (Fsp3) is 0.550. The summed E-state index contributed by atoms with van der Waals surface area (Å²) in [5.74, 6) is 0.853. The van der Waals surface area contributed by atoms with Crippen molar-refractivity contribution in [1.29, 1.82) is 0 Å². The van der Waals surface area contributed by atoms with Gasteiger partial charge in [0, 0.05) is 0 Å². The molecule has 2 fully saturated rings. The van der Waals surface area contributed by atoms with Gasteiger partial charge in [0.25, 0.3) is 0 Å². The Labute approximate surface area is 168 Å². The Bertz CT molecular complexity index is 897. The van der Waals surface area contributed by atoms with Crippen LogP contribution >= 0.6 is 0 Å². The Kier molecular flexibility index (Phi) is 5.14. The normalized spacial score (nSPS) is 25.0. The van der Waals surface area contributed by atoms with Crippen LogP contribution in [0.2, 0.25) is 14.8 Å². The summed E-state index contributed by atoms with van der Waals surface area (Å²) in [6, 6.07) is 7.86. The maximum atomic E-state index is 13.2. The Hall–Kier alpha value is -1.64. The molecule has 1 unspecified atom stereocenters. The summed E-state index contributed by atoms with van der Waals surface area (Å²) in [7, 11) is 0. The molecule has 0 bridgehead atoms. The van der Waals surface area contributed by atoms with Crippen molar-refractivity contribution >= 4 is 45.0 Å². The number of halogens is 1. The number of carbonyl (C=O) groups is 1. The molecule has 1 atom stereocenters. The molecule has 6 nitrogen and oxygen atoms in total. The van der Waals surface area contributed by atoms with E-state index in [1.165, 1.54) is 8.61 Å². The zero-order valence-electron chi connectivity index (χ0n) is 16.6. The van der Waals surface area contributed by atoms with Crippen LogP contribution in [0.3, 0.4) is 0 Å². The molecule has 1 saturated carbocycles. The predicted octanol–water partition coefficient (Wildman–Crippen LogP) is 3.23. The van der Waals surface area contributed by atoms with Gasteiger partial charge in [0.15, 0.2) is 0 Å². The number of hydrogen-bond acceptors (Lipinski definition) is 4. The van der Waals surface area contributed by atoms with Crippen LogP contribution in [0.1, 0.15) is 19.3 Å². The zero-order valence-corrected chi connectivity index (χ0v) is 19.5. The quantitative estimate of drug-likeness (QED) is 0.663. The van der Waals surface area contributed by atoms with Crippen LogP contribution in [0.15, 0.2) is 24.3 Å². The monoisotopic (exact) mass is 494 g/mol. The third kappa shape index (κ3) is 3.77. The van der Waals surface area contributed by atoms with E-state index in [0.717, 1.165) is 29.8 Å². The summed E-state index contributed by atoms with van der Waals surface area (Å²) in [5, 5.41) is 9.61. The van der Waals surface area contributed by atoms with Crippen LogP contribution in [0, 0.1) is 0 Å². The SMILES string of the molecule is [CH3][Sn]([CH3])([CH3])[c]1ccc2nc(N3CCC(N(C(=O)O)[C@H]4C[C@H](F)C4)C3)ccc2n1. The van der Waals surface area contributed by atoms with Crippen molar-refractivity contribution in [3.05, 3.63) is 24.3 Å². The van der Waals surface area contributed by atoms with E-state index in [9.17, 15) is 14.3 Å². The van der Waals surface area contributed by atoms with Gasteiger partial charge in [-0.1, -0.05) is 0 Å². The van der Waals surface area contributed by atoms with Crippen LogP contribution in [0.5, 0.6) is 0 Å². The van der Waals surface area contributed by atoms with Gasteiger partial charge in [0.1, 0.15) is 6.17 Å². The molecule has 1 amide bonds. The third-order valence-corrected chi connectivity index (χ3v) is 11.0. The molecule has 1 aliphatic carbocycles. The average Bonchev–Trinajstić information content (AvgIpc) is 3.08. The van der Waals surface area contributed by atoms with Gasteiger partial charge < -0.3 is 0 Å². The number of carboxylic acid groups (broad SMARTS) is 1. The molecule has 3 heterocycles. The second-order valence-corrected chi connectivity index (χ2v) is 23.3. The van der Waals surface area contributed by atoms with Crippen LogP contribution in [-0.2, 0) is 0 Å². The van der Waals surface area contributed by atoms with Gasteiger partial charge in [-0.05, 0) is 0 Å². The Morgan fingerprint density at radius 3 is 2.46 bits per heavy atom. The molecule has 0 aromatic carbocycles. The van der Waals surface area contributed by atoms with E-state index in [1.807, 2.05) is 12.1 Å². The number of pyridine rings is 2. The van der Waals surface area contributed by atoms with Crippen LogP contribution in [0.4, 0.5) is 15.0 Å². The van der Waals surface area contributed by atoms with Gasteiger partial charge in [-0.15, -0.1) is 0 Å². The minimum atomic E-state index is -2.22. The van der Waals surface area contributed by atoms with E-state index in [1.54, 1.807) is 0 Å². The first-order valence-corrected chi connectivity index (χ1v) is 19.9. The first-order valence-electron chi connectivity index (χ1n) is 9.91. The first-order chi connectivity index (χ1) is 13.2. The number of nitrogens with zero attached hydrogens (tertiary/aromatic N) is 4. The molecule has 2 aromatic rings. The van der Waals surface area contributed by atoms with Crippen LogP contribution in [-0.4, -0.2) is 75.8 Å². The fourth-order valence-corrected chi connectivity index (χ4v) is 7.09. The fourth-order valence-electron chi connectivity index (χ4n) is 4.13. The van der Waals surface area contributed by atoms with Gasteiger partial charge in [-0.2, -0.15) is 0 Å². The molecule has 0 spiro atoms. The molecule has 28 heavy (non-hydrogen) atoms. The standard InChI is InChI=1S/C17H18FN4O2.3CH3.Sn/c18-11-8-13(9-11)22(17(23)24)12-5-7-21(10-12)16-4-3-14-15(20-16)2-1-6-19-14;;;;/h1-4,11-13H,5,7-10H2,(H,23,24);3*1H3;/t11-,12?,13-;;;;. The average molecular weight is 493 g/mol. The van der Waals surface area contributed by atoms with E-state index in [4.69, 9.17) is 9.97 Å². The number of fused-ring (bicyclic) bond motifs is 1. The van der Waals surface area contributed by atoms with E-state index in [0.29, 0.717) is 19.4 Å². The van der Waals surface area contributed by atoms with Crippen molar-refractivity contribution in [2.45, 2.75) is 52.3 Å². The predicted molar refractivity (Wildman–Crippen MR) is 111 cm³/mol. The number of alkyl halides is 1. The number of rotatable bonds is 4. The van der Waals surface area contributed by atoms with Crippen molar-refractivity contribution in [1.82, 2.24) is 14.9 Å². The number of aromatic nitrogens is 2. The summed E-state index contributed by atoms with van der Waals surface area (Å²) in [5.41, 5.74) is 1.79. The van der Waals surface area contributed by atoms with Crippen molar-refractivity contribution in [2.75, 3.05) is 18.0 Å². The summed E-state index contributed by atoms with van der Waals surface area (Å²) < 4.78 is 14.5. The van der Waals surface area contributed by atoms with E-state index < -0.39 is 30.6 Å². The summed E-state index contributed by atoms with van der Waals surface area (Å²) in [6.45, 7) is 1.35. The number of hydrogen-bond donors (Lipinski definition) is 1. The molecular weight excluding hydrogens is 466 g/mol. The van der Waals surface area contributed by atoms with Crippen LogP contribution in [0.25, 0.3) is 11.0 Å². The Balaban J connectivity index is 1.52.